The van der Waals surface area contributed by atoms with Crippen LogP contribution in [0, 0.1) is 0 Å². The maximum atomic E-state index is 5.22. The molecule has 0 saturated carbocycles. The van der Waals surface area contributed by atoms with Crippen LogP contribution in [0.4, 0.5) is 0 Å². The van der Waals surface area contributed by atoms with Crippen molar-refractivity contribution < 1.29 is 9.47 Å². The van der Waals surface area contributed by atoms with Gasteiger partial charge in [-0.2, -0.15) is 11.8 Å². The van der Waals surface area contributed by atoms with E-state index in [0.717, 1.165) is 12.1 Å². The molecule has 0 aliphatic rings. The fourth-order valence-electron chi connectivity index (χ4n) is 1.44. The van der Waals surface area contributed by atoms with Crippen molar-refractivity contribution in [3.63, 3.8) is 0 Å². The highest BCUT2D eigenvalue weighted by atomic mass is 32.2. The highest BCUT2D eigenvalue weighted by Crippen LogP contribution is 2.24. The standard InChI is InChI=1S/C12H21N3O2S/c1-12(2,18-5)7-13-6-9-10(16-3)14-8-15-11(9)17-4/h8,13H,6-7H2,1-5H3. The van der Waals surface area contributed by atoms with Crippen LogP contribution in [0.1, 0.15) is 19.4 Å². The lowest BCUT2D eigenvalue weighted by molar-refractivity contribution is 0.358. The number of nitrogens with one attached hydrogen (secondary N) is 1. The van der Waals surface area contributed by atoms with Gasteiger partial charge in [-0.15, -0.1) is 0 Å². The van der Waals surface area contributed by atoms with Crippen LogP contribution in [0.5, 0.6) is 11.8 Å². The summed E-state index contributed by atoms with van der Waals surface area (Å²) in [6.07, 6.45) is 3.54. The fourth-order valence-corrected chi connectivity index (χ4v) is 1.69. The quantitative estimate of drug-likeness (QED) is 0.815. The van der Waals surface area contributed by atoms with Gasteiger partial charge in [0.05, 0.1) is 19.8 Å². The van der Waals surface area contributed by atoms with Crippen molar-refractivity contribution in [2.75, 3.05) is 27.0 Å². The minimum atomic E-state index is 0.191. The second-order valence-electron chi connectivity index (χ2n) is 4.44. The molecule has 0 spiro atoms. The van der Waals surface area contributed by atoms with E-state index in [1.165, 1.54) is 6.33 Å². The highest BCUT2D eigenvalue weighted by molar-refractivity contribution is 7.99. The van der Waals surface area contributed by atoms with Crippen molar-refractivity contribution in [2.45, 2.75) is 25.1 Å². The molecule has 1 aromatic rings. The first-order valence-electron chi connectivity index (χ1n) is 5.71. The Labute approximate surface area is 113 Å². The van der Waals surface area contributed by atoms with E-state index in [1.807, 2.05) is 11.8 Å². The van der Waals surface area contributed by atoms with Crippen molar-refractivity contribution in [3.8, 4) is 11.8 Å². The van der Waals surface area contributed by atoms with Crippen LogP contribution in [0.15, 0.2) is 6.33 Å². The third-order valence-electron chi connectivity index (χ3n) is 2.66. The molecule has 0 bridgehead atoms. The van der Waals surface area contributed by atoms with Gasteiger partial charge >= 0.3 is 0 Å². The molecule has 0 aliphatic heterocycles. The Morgan fingerprint density at radius 3 is 2.22 bits per heavy atom. The summed E-state index contributed by atoms with van der Waals surface area (Å²) in [6, 6.07) is 0. The first-order chi connectivity index (χ1) is 8.54. The van der Waals surface area contributed by atoms with Gasteiger partial charge in [-0.05, 0) is 20.1 Å². The molecule has 0 aliphatic carbocycles. The summed E-state index contributed by atoms with van der Waals surface area (Å²) >= 11 is 1.83. The summed E-state index contributed by atoms with van der Waals surface area (Å²) < 4.78 is 10.6. The summed E-state index contributed by atoms with van der Waals surface area (Å²) in [4.78, 5) is 8.16. The number of ether oxygens (including phenoxy) is 2. The molecule has 0 radical (unpaired) electrons. The van der Waals surface area contributed by atoms with Crippen molar-refractivity contribution in [1.29, 1.82) is 0 Å². The highest BCUT2D eigenvalue weighted by Gasteiger charge is 2.17. The fraction of sp³-hybridized carbons (Fsp3) is 0.667. The molecule has 5 nitrogen and oxygen atoms in total. The Morgan fingerprint density at radius 1 is 1.22 bits per heavy atom. The van der Waals surface area contributed by atoms with Crippen LogP contribution in [0.3, 0.4) is 0 Å². The Balaban J connectivity index is 2.71. The number of methoxy groups -OCH3 is 2. The van der Waals surface area contributed by atoms with E-state index in [-0.39, 0.29) is 4.75 Å². The molecule has 0 fully saturated rings. The molecule has 0 unspecified atom stereocenters. The zero-order valence-electron chi connectivity index (χ0n) is 11.6. The van der Waals surface area contributed by atoms with Crippen molar-refractivity contribution in [1.82, 2.24) is 15.3 Å². The van der Waals surface area contributed by atoms with Crippen LogP contribution in [0.25, 0.3) is 0 Å². The van der Waals surface area contributed by atoms with Gasteiger partial charge in [-0.3, -0.25) is 0 Å². The third kappa shape index (κ3) is 4.03. The molecule has 102 valence electrons. The average molecular weight is 271 g/mol. The summed E-state index contributed by atoms with van der Waals surface area (Å²) in [7, 11) is 3.19. The molecule has 1 heterocycles. The lowest BCUT2D eigenvalue weighted by Crippen LogP contribution is -2.31. The van der Waals surface area contributed by atoms with E-state index < -0.39 is 0 Å². The number of aromatic nitrogens is 2. The van der Waals surface area contributed by atoms with Crippen molar-refractivity contribution >= 4 is 11.8 Å². The van der Waals surface area contributed by atoms with E-state index in [4.69, 9.17) is 9.47 Å². The normalized spacial score (nSPS) is 11.4. The lowest BCUT2D eigenvalue weighted by atomic mass is 10.2. The van der Waals surface area contributed by atoms with Crippen LogP contribution in [-0.4, -0.2) is 41.7 Å². The summed E-state index contributed by atoms with van der Waals surface area (Å²) in [5.74, 6) is 1.10. The number of nitrogens with zero attached hydrogens (tertiary/aromatic N) is 2. The molecule has 1 aromatic heterocycles. The molecule has 1 N–H and O–H groups in total. The van der Waals surface area contributed by atoms with Gasteiger partial charge in [-0.25, -0.2) is 9.97 Å². The number of thioether (sulfide) groups is 1. The second-order valence-corrected chi connectivity index (χ2v) is 5.95. The zero-order valence-corrected chi connectivity index (χ0v) is 12.4. The molecule has 0 aromatic carbocycles. The number of hydrogen-bond donors (Lipinski definition) is 1. The predicted molar refractivity (Wildman–Crippen MR) is 74.4 cm³/mol. The van der Waals surface area contributed by atoms with Gasteiger partial charge < -0.3 is 14.8 Å². The molecular formula is C12H21N3O2S. The molecule has 0 saturated heterocycles. The van der Waals surface area contributed by atoms with Crippen molar-refractivity contribution in [3.05, 3.63) is 11.9 Å². The average Bonchev–Trinajstić information content (AvgIpc) is 2.38. The van der Waals surface area contributed by atoms with Crippen LogP contribution in [-0.2, 0) is 6.54 Å². The Bertz CT molecular complexity index is 363. The first kappa shape index (κ1) is 15.0. The van der Waals surface area contributed by atoms with Gasteiger partial charge in [0, 0.05) is 17.8 Å². The minimum absolute atomic E-state index is 0.191. The molecule has 0 atom stereocenters. The predicted octanol–water partition coefficient (Wildman–Crippen LogP) is 1.72. The van der Waals surface area contributed by atoms with Crippen molar-refractivity contribution in [2.24, 2.45) is 0 Å². The van der Waals surface area contributed by atoms with Gasteiger partial charge in [-0.1, -0.05) is 0 Å². The smallest absolute Gasteiger partial charge is 0.224 e. The molecule has 18 heavy (non-hydrogen) atoms. The molecular weight excluding hydrogens is 250 g/mol. The van der Waals surface area contributed by atoms with Gasteiger partial charge in [0.15, 0.2) is 0 Å². The van der Waals surface area contributed by atoms with Gasteiger partial charge in [0.1, 0.15) is 6.33 Å². The largest absolute Gasteiger partial charge is 0.481 e. The van der Waals surface area contributed by atoms with Gasteiger partial charge in [0.2, 0.25) is 11.8 Å². The lowest BCUT2D eigenvalue weighted by Gasteiger charge is -2.22. The molecule has 1 rings (SSSR count). The summed E-state index contributed by atoms with van der Waals surface area (Å²) in [6.45, 7) is 5.90. The number of rotatable bonds is 7. The Kier molecular flexibility index (Phi) is 5.68. The SMILES string of the molecule is COc1ncnc(OC)c1CNCC(C)(C)SC. The topological polar surface area (TPSA) is 56.3 Å². The maximum Gasteiger partial charge on any atom is 0.224 e. The van der Waals surface area contributed by atoms with E-state index >= 15 is 0 Å². The Hall–Kier alpha value is -1.01. The summed E-state index contributed by atoms with van der Waals surface area (Å²) in [5, 5.41) is 3.38. The Morgan fingerprint density at radius 2 is 1.78 bits per heavy atom. The summed E-state index contributed by atoms with van der Waals surface area (Å²) in [5.41, 5.74) is 0.847. The molecule has 0 amide bonds. The van der Waals surface area contributed by atoms with E-state index in [0.29, 0.717) is 18.3 Å². The first-order valence-corrected chi connectivity index (χ1v) is 6.94. The monoisotopic (exact) mass is 271 g/mol. The number of hydrogen-bond acceptors (Lipinski definition) is 6. The van der Waals surface area contributed by atoms with E-state index in [2.05, 4.69) is 35.4 Å². The minimum Gasteiger partial charge on any atom is -0.481 e. The van der Waals surface area contributed by atoms with E-state index in [9.17, 15) is 0 Å². The van der Waals surface area contributed by atoms with Crippen LogP contribution in [0.2, 0.25) is 0 Å². The second kappa shape index (κ2) is 6.80. The van der Waals surface area contributed by atoms with Gasteiger partial charge in [0.25, 0.3) is 0 Å². The van der Waals surface area contributed by atoms with E-state index in [1.54, 1.807) is 14.2 Å². The zero-order chi connectivity index (χ0) is 13.6. The van der Waals surface area contributed by atoms with Crippen LogP contribution < -0.4 is 14.8 Å². The maximum absolute atomic E-state index is 5.22. The third-order valence-corrected chi connectivity index (χ3v) is 3.91. The molecule has 6 heteroatoms. The van der Waals surface area contributed by atoms with Crippen LogP contribution >= 0.6 is 11.8 Å².